The molecule has 0 bridgehead atoms. The van der Waals surface area contributed by atoms with Crippen molar-refractivity contribution < 1.29 is 23.4 Å². The van der Waals surface area contributed by atoms with Crippen molar-refractivity contribution in [3.05, 3.63) is 53.3 Å². The Bertz CT molecular complexity index is 808. The predicted octanol–water partition coefficient (Wildman–Crippen LogP) is 3.59. The van der Waals surface area contributed by atoms with Crippen molar-refractivity contribution in [2.75, 3.05) is 21.3 Å². The van der Waals surface area contributed by atoms with Crippen molar-refractivity contribution in [1.29, 1.82) is 0 Å². The third-order valence-corrected chi connectivity index (χ3v) is 5.26. The first-order chi connectivity index (χ1) is 13.0. The average molecular weight is 373 g/mol. The van der Waals surface area contributed by atoms with Gasteiger partial charge in [0.05, 0.1) is 38.9 Å². The zero-order chi connectivity index (χ0) is 19.4. The van der Waals surface area contributed by atoms with Crippen LogP contribution in [-0.4, -0.2) is 27.2 Å². The second-order valence-corrected chi connectivity index (χ2v) is 6.64. The van der Waals surface area contributed by atoms with Crippen LogP contribution in [0.2, 0.25) is 0 Å². The van der Waals surface area contributed by atoms with E-state index in [2.05, 4.69) is 5.32 Å². The summed E-state index contributed by atoms with van der Waals surface area (Å²) in [5.41, 5.74) is 0.775. The van der Waals surface area contributed by atoms with Crippen LogP contribution in [0.25, 0.3) is 0 Å². The first-order valence-electron chi connectivity index (χ1n) is 8.87. The number of hydrogen-bond donors (Lipinski definition) is 1. The molecule has 2 aromatic rings. The maximum Gasteiger partial charge on any atom is 0.230 e. The molecule has 2 aromatic carbocycles. The summed E-state index contributed by atoms with van der Waals surface area (Å²) in [5.74, 6) is 1.30. The van der Waals surface area contributed by atoms with Gasteiger partial charge in [0.25, 0.3) is 0 Å². The van der Waals surface area contributed by atoms with Crippen molar-refractivity contribution >= 4 is 5.91 Å². The normalized spacial score (nSPS) is 14.8. The quantitative estimate of drug-likeness (QED) is 0.806. The smallest absolute Gasteiger partial charge is 0.230 e. The largest absolute Gasteiger partial charge is 0.496 e. The lowest BCUT2D eigenvalue weighted by Gasteiger charge is -2.40. The molecule has 1 fully saturated rings. The van der Waals surface area contributed by atoms with E-state index in [1.807, 2.05) is 6.07 Å². The Kier molecular flexibility index (Phi) is 5.54. The summed E-state index contributed by atoms with van der Waals surface area (Å²) in [5, 5.41) is 2.98. The fourth-order valence-electron chi connectivity index (χ4n) is 3.55. The minimum atomic E-state index is -0.672. The van der Waals surface area contributed by atoms with E-state index < -0.39 is 5.41 Å². The second-order valence-electron chi connectivity index (χ2n) is 6.64. The zero-order valence-electron chi connectivity index (χ0n) is 15.8. The number of methoxy groups -OCH3 is 3. The van der Waals surface area contributed by atoms with Crippen molar-refractivity contribution in [1.82, 2.24) is 5.32 Å². The molecule has 0 aliphatic heterocycles. The lowest BCUT2D eigenvalue weighted by Crippen LogP contribution is -2.49. The predicted molar refractivity (Wildman–Crippen MR) is 99.9 cm³/mol. The van der Waals surface area contributed by atoms with Gasteiger partial charge < -0.3 is 19.5 Å². The molecule has 0 heterocycles. The molecular formula is C21H24FNO4. The molecule has 0 atom stereocenters. The van der Waals surface area contributed by atoms with Crippen molar-refractivity contribution in [3.63, 3.8) is 0 Å². The Morgan fingerprint density at radius 1 is 1.07 bits per heavy atom. The van der Waals surface area contributed by atoms with Crippen LogP contribution in [0.3, 0.4) is 0 Å². The van der Waals surface area contributed by atoms with E-state index in [0.717, 1.165) is 17.5 Å². The molecule has 3 rings (SSSR count). The molecule has 1 aliphatic carbocycles. The molecule has 144 valence electrons. The molecule has 1 saturated carbocycles. The van der Waals surface area contributed by atoms with E-state index in [1.54, 1.807) is 39.5 Å². The molecule has 27 heavy (non-hydrogen) atoms. The molecule has 0 saturated heterocycles. The highest BCUT2D eigenvalue weighted by molar-refractivity contribution is 5.89. The fraction of sp³-hybridized carbons (Fsp3) is 0.381. The lowest BCUT2D eigenvalue weighted by molar-refractivity contribution is -0.130. The molecule has 6 heteroatoms. The molecule has 0 radical (unpaired) electrons. The Labute approximate surface area is 158 Å². The first kappa shape index (κ1) is 19.0. The summed E-state index contributed by atoms with van der Waals surface area (Å²) >= 11 is 0. The zero-order valence-corrected chi connectivity index (χ0v) is 15.8. The van der Waals surface area contributed by atoms with Gasteiger partial charge in [0.15, 0.2) is 0 Å². The Hall–Kier alpha value is -2.76. The monoisotopic (exact) mass is 373 g/mol. The summed E-state index contributed by atoms with van der Waals surface area (Å²) in [7, 11) is 4.68. The van der Waals surface area contributed by atoms with Gasteiger partial charge in [0, 0.05) is 12.1 Å². The second kappa shape index (κ2) is 7.86. The molecule has 5 nitrogen and oxygen atoms in total. The van der Waals surface area contributed by atoms with E-state index in [0.29, 0.717) is 30.1 Å². The summed E-state index contributed by atoms with van der Waals surface area (Å²) in [4.78, 5) is 13.0. The number of hydrogen-bond acceptors (Lipinski definition) is 4. The van der Waals surface area contributed by atoms with Gasteiger partial charge in [-0.15, -0.1) is 0 Å². The van der Waals surface area contributed by atoms with Crippen LogP contribution in [0.4, 0.5) is 4.39 Å². The highest BCUT2D eigenvalue weighted by Crippen LogP contribution is 2.44. The molecule has 1 N–H and O–H groups in total. The van der Waals surface area contributed by atoms with E-state index in [9.17, 15) is 9.18 Å². The molecule has 0 spiro atoms. The first-order valence-corrected chi connectivity index (χ1v) is 8.87. The minimum absolute atomic E-state index is 0.112. The topological polar surface area (TPSA) is 56.8 Å². The number of nitrogens with one attached hydrogen (secondary N) is 1. The fourth-order valence-corrected chi connectivity index (χ4v) is 3.55. The van der Waals surface area contributed by atoms with Crippen LogP contribution in [0.15, 0.2) is 36.4 Å². The lowest BCUT2D eigenvalue weighted by atomic mass is 9.63. The van der Waals surface area contributed by atoms with E-state index >= 15 is 0 Å². The summed E-state index contributed by atoms with van der Waals surface area (Å²) in [6.45, 7) is 0.242. The Morgan fingerprint density at radius 2 is 1.74 bits per heavy atom. The van der Waals surface area contributed by atoms with Crippen LogP contribution in [0.1, 0.15) is 30.4 Å². The van der Waals surface area contributed by atoms with Gasteiger partial charge in [0.2, 0.25) is 5.91 Å². The van der Waals surface area contributed by atoms with Crippen LogP contribution >= 0.6 is 0 Å². The van der Waals surface area contributed by atoms with Gasteiger partial charge in [-0.1, -0.05) is 18.6 Å². The maximum atomic E-state index is 13.7. The number of ether oxygens (including phenoxy) is 3. The number of carbonyl (C=O) groups is 1. The number of carbonyl (C=O) groups excluding carboxylic acids is 1. The average Bonchev–Trinajstić information content (AvgIpc) is 2.64. The van der Waals surface area contributed by atoms with Gasteiger partial charge in [-0.05, 0) is 30.5 Å². The number of halogens is 1. The van der Waals surface area contributed by atoms with Crippen LogP contribution in [-0.2, 0) is 16.8 Å². The van der Waals surface area contributed by atoms with E-state index in [4.69, 9.17) is 14.2 Å². The SMILES string of the molecule is COc1cc(OC)c(CNC(=O)C2(c3cccc(F)c3)CCC2)c(OC)c1. The molecule has 0 aromatic heterocycles. The molecule has 1 amide bonds. The van der Waals surface area contributed by atoms with Gasteiger partial charge >= 0.3 is 0 Å². The third kappa shape index (κ3) is 3.56. The molecule has 1 aliphatic rings. The highest BCUT2D eigenvalue weighted by atomic mass is 19.1. The Balaban J connectivity index is 1.83. The van der Waals surface area contributed by atoms with Crippen molar-refractivity contribution in [2.45, 2.75) is 31.2 Å². The minimum Gasteiger partial charge on any atom is -0.496 e. The van der Waals surface area contributed by atoms with Crippen LogP contribution in [0.5, 0.6) is 17.2 Å². The van der Waals surface area contributed by atoms with Gasteiger partial charge in [0.1, 0.15) is 23.1 Å². The van der Waals surface area contributed by atoms with Crippen LogP contribution < -0.4 is 19.5 Å². The standard InChI is InChI=1S/C21H24FNO4/c1-25-16-11-18(26-2)17(19(12-16)27-3)13-23-20(24)21(8-5-9-21)14-6-4-7-15(22)10-14/h4,6-7,10-12H,5,8-9,13H2,1-3H3,(H,23,24). The van der Waals surface area contributed by atoms with Crippen LogP contribution in [0, 0.1) is 5.82 Å². The summed E-state index contributed by atoms with van der Waals surface area (Å²) in [6, 6.07) is 9.80. The number of rotatable bonds is 7. The van der Waals surface area contributed by atoms with Crippen molar-refractivity contribution in [3.8, 4) is 17.2 Å². The molecule has 0 unspecified atom stereocenters. The van der Waals surface area contributed by atoms with Gasteiger partial charge in [-0.3, -0.25) is 4.79 Å². The van der Waals surface area contributed by atoms with E-state index in [-0.39, 0.29) is 18.3 Å². The van der Waals surface area contributed by atoms with E-state index in [1.165, 1.54) is 12.1 Å². The van der Waals surface area contributed by atoms with Crippen molar-refractivity contribution in [2.24, 2.45) is 0 Å². The summed E-state index contributed by atoms with van der Waals surface area (Å²) < 4.78 is 29.8. The maximum absolute atomic E-state index is 13.7. The number of benzene rings is 2. The number of amides is 1. The molecular weight excluding hydrogens is 349 g/mol. The summed E-state index contributed by atoms with van der Waals surface area (Å²) in [6.07, 6.45) is 2.36. The van der Waals surface area contributed by atoms with Gasteiger partial charge in [-0.2, -0.15) is 0 Å². The Morgan fingerprint density at radius 3 is 2.22 bits per heavy atom. The van der Waals surface area contributed by atoms with Gasteiger partial charge in [-0.25, -0.2) is 4.39 Å². The third-order valence-electron chi connectivity index (χ3n) is 5.26. The highest BCUT2D eigenvalue weighted by Gasteiger charge is 2.45.